The smallest absolute Gasteiger partial charge is 0.248 e. The lowest BCUT2D eigenvalue weighted by Crippen LogP contribution is -2.36. The predicted octanol–water partition coefficient (Wildman–Crippen LogP) is 3.23. The number of ether oxygens (including phenoxy) is 1. The molecule has 4 rings (SSSR count). The highest BCUT2D eigenvalue weighted by molar-refractivity contribution is 6.15. The van der Waals surface area contributed by atoms with Crippen molar-refractivity contribution in [2.75, 3.05) is 20.2 Å². The van der Waals surface area contributed by atoms with Gasteiger partial charge in [0.2, 0.25) is 5.91 Å². The van der Waals surface area contributed by atoms with E-state index in [2.05, 4.69) is 30.1 Å². The van der Waals surface area contributed by atoms with Crippen LogP contribution in [0.5, 0.6) is 5.75 Å². The van der Waals surface area contributed by atoms with Gasteiger partial charge in [-0.2, -0.15) is 0 Å². The monoisotopic (exact) mass is 332 g/mol. The molecule has 0 saturated carbocycles. The molecule has 2 heterocycles. The third-order valence-electron chi connectivity index (χ3n) is 4.89. The van der Waals surface area contributed by atoms with E-state index in [9.17, 15) is 4.79 Å². The van der Waals surface area contributed by atoms with Gasteiger partial charge in [0.1, 0.15) is 12.3 Å². The SMILES string of the molecule is COc1cccc(C2=NCC(=O)N3CCc4c(C)cccc4C3=C2)c1. The Morgan fingerprint density at radius 1 is 1.16 bits per heavy atom. The molecule has 1 amide bonds. The third-order valence-corrected chi connectivity index (χ3v) is 4.89. The van der Waals surface area contributed by atoms with Crippen molar-refractivity contribution in [3.05, 3.63) is 70.8 Å². The molecule has 0 aliphatic carbocycles. The molecule has 4 heteroatoms. The van der Waals surface area contributed by atoms with Crippen LogP contribution in [-0.4, -0.2) is 36.7 Å². The van der Waals surface area contributed by atoms with Gasteiger partial charge < -0.3 is 9.64 Å². The van der Waals surface area contributed by atoms with Crippen LogP contribution < -0.4 is 4.74 Å². The average Bonchev–Trinajstić information content (AvgIpc) is 2.81. The number of carbonyl (C=O) groups is 1. The zero-order valence-electron chi connectivity index (χ0n) is 14.5. The molecule has 0 fully saturated rings. The van der Waals surface area contributed by atoms with Crippen LogP contribution in [0, 0.1) is 6.92 Å². The van der Waals surface area contributed by atoms with E-state index in [-0.39, 0.29) is 12.5 Å². The van der Waals surface area contributed by atoms with Crippen molar-refractivity contribution in [1.82, 2.24) is 4.90 Å². The summed E-state index contributed by atoms with van der Waals surface area (Å²) in [6, 6.07) is 14.1. The van der Waals surface area contributed by atoms with Gasteiger partial charge >= 0.3 is 0 Å². The summed E-state index contributed by atoms with van der Waals surface area (Å²) in [6.45, 7) is 3.02. The molecule has 2 aliphatic rings. The quantitative estimate of drug-likeness (QED) is 0.847. The number of aryl methyl sites for hydroxylation is 1. The first-order chi connectivity index (χ1) is 12.2. The molecule has 0 bridgehead atoms. The van der Waals surface area contributed by atoms with Gasteiger partial charge in [0.25, 0.3) is 0 Å². The number of nitrogens with zero attached hydrogens (tertiary/aromatic N) is 2. The number of benzene rings is 2. The fourth-order valence-corrected chi connectivity index (χ4v) is 3.55. The van der Waals surface area contributed by atoms with Crippen molar-refractivity contribution in [3.63, 3.8) is 0 Å². The lowest BCUT2D eigenvalue weighted by atomic mass is 9.91. The Hall–Kier alpha value is -2.88. The molecule has 2 aromatic carbocycles. The Morgan fingerprint density at radius 2 is 2.00 bits per heavy atom. The molecular weight excluding hydrogens is 312 g/mol. The minimum absolute atomic E-state index is 0.0521. The number of carbonyl (C=O) groups excluding carboxylic acids is 1. The molecular formula is C21H20N2O2. The van der Waals surface area contributed by atoms with E-state index in [4.69, 9.17) is 4.74 Å². The summed E-state index contributed by atoms with van der Waals surface area (Å²) in [5.74, 6) is 0.835. The minimum Gasteiger partial charge on any atom is -0.497 e. The maximum absolute atomic E-state index is 12.6. The summed E-state index contributed by atoms with van der Waals surface area (Å²) in [7, 11) is 1.65. The first-order valence-electron chi connectivity index (χ1n) is 8.47. The topological polar surface area (TPSA) is 41.9 Å². The van der Waals surface area contributed by atoms with E-state index in [1.165, 1.54) is 11.1 Å². The Kier molecular flexibility index (Phi) is 3.88. The van der Waals surface area contributed by atoms with Crippen LogP contribution in [0.1, 0.15) is 22.3 Å². The van der Waals surface area contributed by atoms with Gasteiger partial charge in [-0.25, -0.2) is 0 Å². The van der Waals surface area contributed by atoms with E-state index in [1.54, 1.807) is 7.11 Å². The maximum atomic E-state index is 12.6. The zero-order chi connectivity index (χ0) is 17.4. The summed E-state index contributed by atoms with van der Waals surface area (Å²) in [5, 5.41) is 0. The van der Waals surface area contributed by atoms with E-state index in [0.29, 0.717) is 6.54 Å². The van der Waals surface area contributed by atoms with Gasteiger partial charge in [0.05, 0.1) is 18.5 Å². The minimum atomic E-state index is 0.0521. The van der Waals surface area contributed by atoms with E-state index in [1.807, 2.05) is 35.2 Å². The summed E-state index contributed by atoms with van der Waals surface area (Å²) in [6.07, 6.45) is 2.93. The lowest BCUT2D eigenvalue weighted by molar-refractivity contribution is -0.126. The molecule has 0 atom stereocenters. The van der Waals surface area contributed by atoms with Gasteiger partial charge in [0, 0.05) is 17.7 Å². The van der Waals surface area contributed by atoms with E-state index >= 15 is 0 Å². The average molecular weight is 332 g/mol. The molecule has 0 radical (unpaired) electrons. The standard InChI is InChI=1S/C21H20N2O2/c1-14-5-3-8-18-17(14)9-10-23-20(18)12-19(22-13-21(23)24)15-6-4-7-16(11-15)25-2/h3-8,11-12H,9-10,13H2,1-2H3. The Morgan fingerprint density at radius 3 is 2.84 bits per heavy atom. The van der Waals surface area contributed by atoms with Crippen LogP contribution in [0.3, 0.4) is 0 Å². The Balaban J connectivity index is 1.86. The highest BCUT2D eigenvalue weighted by atomic mass is 16.5. The summed E-state index contributed by atoms with van der Waals surface area (Å²) >= 11 is 0. The molecule has 0 saturated heterocycles. The number of aliphatic imine (C=N–C) groups is 1. The highest BCUT2D eigenvalue weighted by Crippen LogP contribution is 2.32. The molecule has 0 spiro atoms. The van der Waals surface area contributed by atoms with Crippen LogP contribution >= 0.6 is 0 Å². The second kappa shape index (κ2) is 6.20. The largest absolute Gasteiger partial charge is 0.497 e. The van der Waals surface area contributed by atoms with Crippen LogP contribution in [0.4, 0.5) is 0 Å². The molecule has 126 valence electrons. The van der Waals surface area contributed by atoms with Gasteiger partial charge in [0.15, 0.2) is 0 Å². The van der Waals surface area contributed by atoms with Gasteiger partial charge in [-0.05, 0) is 42.7 Å². The van der Waals surface area contributed by atoms with Crippen molar-refractivity contribution in [2.24, 2.45) is 4.99 Å². The van der Waals surface area contributed by atoms with Crippen LogP contribution in [0.25, 0.3) is 5.70 Å². The van der Waals surface area contributed by atoms with Crippen molar-refractivity contribution < 1.29 is 9.53 Å². The Bertz CT molecular complexity index is 912. The molecule has 0 aromatic heterocycles. The molecule has 0 N–H and O–H groups in total. The Labute approximate surface area is 147 Å². The fourth-order valence-electron chi connectivity index (χ4n) is 3.55. The second-order valence-corrected chi connectivity index (χ2v) is 6.36. The summed E-state index contributed by atoms with van der Waals surface area (Å²) in [4.78, 5) is 19.0. The van der Waals surface area contributed by atoms with E-state index in [0.717, 1.165) is 34.7 Å². The number of methoxy groups -OCH3 is 1. The number of hydrogen-bond donors (Lipinski definition) is 0. The molecule has 4 nitrogen and oxygen atoms in total. The van der Waals surface area contributed by atoms with Crippen LogP contribution in [0.2, 0.25) is 0 Å². The van der Waals surface area contributed by atoms with E-state index < -0.39 is 0 Å². The van der Waals surface area contributed by atoms with Crippen LogP contribution in [0.15, 0.2) is 53.5 Å². The van der Waals surface area contributed by atoms with Crippen molar-refractivity contribution in [1.29, 1.82) is 0 Å². The van der Waals surface area contributed by atoms with Gasteiger partial charge in [-0.15, -0.1) is 0 Å². The first-order valence-corrected chi connectivity index (χ1v) is 8.47. The van der Waals surface area contributed by atoms with Crippen molar-refractivity contribution >= 4 is 17.3 Å². The zero-order valence-corrected chi connectivity index (χ0v) is 14.5. The molecule has 0 unspecified atom stereocenters. The lowest BCUT2D eigenvalue weighted by Gasteiger charge is -2.31. The molecule has 25 heavy (non-hydrogen) atoms. The molecule has 2 aromatic rings. The number of hydrogen-bond acceptors (Lipinski definition) is 3. The highest BCUT2D eigenvalue weighted by Gasteiger charge is 2.28. The number of rotatable bonds is 2. The maximum Gasteiger partial charge on any atom is 0.248 e. The van der Waals surface area contributed by atoms with Gasteiger partial charge in [-0.1, -0.05) is 30.3 Å². The normalized spacial score (nSPS) is 16.4. The summed E-state index contributed by atoms with van der Waals surface area (Å²) < 4.78 is 5.32. The third kappa shape index (κ3) is 2.74. The second-order valence-electron chi connectivity index (χ2n) is 6.36. The number of amides is 1. The predicted molar refractivity (Wildman–Crippen MR) is 99.0 cm³/mol. The van der Waals surface area contributed by atoms with Crippen LogP contribution in [-0.2, 0) is 11.2 Å². The first kappa shape index (κ1) is 15.6. The van der Waals surface area contributed by atoms with Gasteiger partial charge in [-0.3, -0.25) is 9.79 Å². The number of fused-ring (bicyclic) bond motifs is 3. The number of allylic oxidation sites excluding steroid dienone is 1. The summed E-state index contributed by atoms with van der Waals surface area (Å²) in [5.41, 5.74) is 6.46. The van der Waals surface area contributed by atoms with Crippen molar-refractivity contribution in [2.45, 2.75) is 13.3 Å². The molecule has 2 aliphatic heterocycles. The van der Waals surface area contributed by atoms with Crippen molar-refractivity contribution in [3.8, 4) is 5.75 Å². The fraction of sp³-hybridized carbons (Fsp3) is 0.238.